The first-order chi connectivity index (χ1) is 9.72. The third-order valence-electron chi connectivity index (χ3n) is 3.21. The molecule has 0 aliphatic carbocycles. The van der Waals surface area contributed by atoms with Crippen molar-refractivity contribution in [2.24, 2.45) is 0 Å². The number of carboxylic acids is 1. The molecule has 1 unspecified atom stereocenters. The van der Waals surface area contributed by atoms with Gasteiger partial charge in [-0.1, -0.05) is 13.3 Å². The lowest BCUT2D eigenvalue weighted by Gasteiger charge is -2.24. The molecule has 1 atom stereocenters. The lowest BCUT2D eigenvalue weighted by molar-refractivity contribution is -0.139. The Morgan fingerprint density at radius 2 is 1.86 bits per heavy atom. The maximum atomic E-state index is 11.7. The SMILES string of the molecule is CCCC(C(=O)O)c1c(I)cc(I)c(N(C)C(C)=O)c1I. The van der Waals surface area contributed by atoms with Crippen LogP contribution in [0.5, 0.6) is 0 Å². The molecule has 1 rings (SSSR count). The van der Waals surface area contributed by atoms with Gasteiger partial charge in [-0.3, -0.25) is 9.59 Å². The molecule has 21 heavy (non-hydrogen) atoms. The summed E-state index contributed by atoms with van der Waals surface area (Å²) in [5, 5.41) is 9.53. The molecule has 1 aromatic carbocycles. The first-order valence-electron chi connectivity index (χ1n) is 6.36. The number of nitrogens with zero attached hydrogens (tertiary/aromatic N) is 1. The van der Waals surface area contributed by atoms with E-state index < -0.39 is 11.9 Å². The van der Waals surface area contributed by atoms with Crippen molar-refractivity contribution >= 4 is 85.3 Å². The van der Waals surface area contributed by atoms with Crippen LogP contribution >= 0.6 is 67.8 Å². The molecule has 0 heterocycles. The molecule has 0 fully saturated rings. The number of rotatable bonds is 5. The largest absolute Gasteiger partial charge is 0.481 e. The number of carboxylic acid groups (broad SMARTS) is 1. The average Bonchev–Trinajstić information content (AvgIpc) is 2.36. The van der Waals surface area contributed by atoms with E-state index in [1.807, 2.05) is 13.0 Å². The van der Waals surface area contributed by atoms with Crippen LogP contribution in [-0.4, -0.2) is 24.0 Å². The molecule has 0 spiro atoms. The van der Waals surface area contributed by atoms with Crippen molar-refractivity contribution in [3.63, 3.8) is 0 Å². The Hall–Kier alpha value is 0.350. The number of hydrogen-bond acceptors (Lipinski definition) is 2. The summed E-state index contributed by atoms with van der Waals surface area (Å²) in [5.74, 6) is -1.42. The Kier molecular flexibility index (Phi) is 7.64. The summed E-state index contributed by atoms with van der Waals surface area (Å²) < 4.78 is 2.73. The van der Waals surface area contributed by atoms with Crippen molar-refractivity contribution in [3.8, 4) is 0 Å². The maximum absolute atomic E-state index is 11.7. The highest BCUT2D eigenvalue weighted by Crippen LogP contribution is 2.39. The number of amides is 1. The standard InChI is InChI=1S/C14H16I3NO3/c1-4-5-8(14(20)21)11-9(15)6-10(16)13(12(11)17)18(3)7(2)19/h6,8H,4-5H2,1-3H3,(H,20,21). The quantitative estimate of drug-likeness (QED) is 0.492. The molecule has 1 amide bonds. The zero-order valence-electron chi connectivity index (χ0n) is 11.9. The van der Waals surface area contributed by atoms with Gasteiger partial charge < -0.3 is 10.0 Å². The number of benzene rings is 1. The van der Waals surface area contributed by atoms with Gasteiger partial charge in [-0.05, 0) is 85.8 Å². The third kappa shape index (κ3) is 4.43. The van der Waals surface area contributed by atoms with Crippen molar-refractivity contribution in [2.45, 2.75) is 32.6 Å². The summed E-state index contributed by atoms with van der Waals surface area (Å²) in [5.41, 5.74) is 1.61. The molecule has 0 aliphatic heterocycles. The number of carbonyl (C=O) groups is 2. The Balaban J connectivity index is 3.56. The van der Waals surface area contributed by atoms with Gasteiger partial charge in [-0.15, -0.1) is 0 Å². The molecule has 116 valence electrons. The predicted molar refractivity (Wildman–Crippen MR) is 109 cm³/mol. The first-order valence-corrected chi connectivity index (χ1v) is 9.60. The van der Waals surface area contributed by atoms with Gasteiger partial charge in [0.05, 0.1) is 11.6 Å². The van der Waals surface area contributed by atoms with E-state index in [2.05, 4.69) is 67.8 Å². The normalized spacial score (nSPS) is 12.1. The van der Waals surface area contributed by atoms with Crippen LogP contribution in [0, 0.1) is 10.7 Å². The van der Waals surface area contributed by atoms with Crippen molar-refractivity contribution in [1.29, 1.82) is 0 Å². The Labute approximate surface area is 165 Å². The predicted octanol–water partition coefficient (Wildman–Crippen LogP) is 4.45. The minimum atomic E-state index is -0.815. The second-order valence-electron chi connectivity index (χ2n) is 4.67. The van der Waals surface area contributed by atoms with Gasteiger partial charge in [0.1, 0.15) is 0 Å². The van der Waals surface area contributed by atoms with Gasteiger partial charge in [0.15, 0.2) is 0 Å². The lowest BCUT2D eigenvalue weighted by atomic mass is 9.94. The Morgan fingerprint density at radius 1 is 1.29 bits per heavy atom. The van der Waals surface area contributed by atoms with Crippen LogP contribution in [0.1, 0.15) is 38.2 Å². The molecule has 1 N–H and O–H groups in total. The Bertz CT molecular complexity index is 575. The van der Waals surface area contributed by atoms with Crippen molar-refractivity contribution < 1.29 is 14.7 Å². The van der Waals surface area contributed by atoms with Crippen molar-refractivity contribution in [3.05, 3.63) is 22.3 Å². The van der Waals surface area contributed by atoms with Crippen molar-refractivity contribution in [2.75, 3.05) is 11.9 Å². The summed E-state index contributed by atoms with van der Waals surface area (Å²) in [4.78, 5) is 24.9. The fraction of sp³-hybridized carbons (Fsp3) is 0.429. The van der Waals surface area contributed by atoms with E-state index in [1.54, 1.807) is 11.9 Å². The number of aliphatic carboxylic acids is 1. The number of carbonyl (C=O) groups excluding carboxylic acids is 1. The van der Waals surface area contributed by atoms with E-state index in [-0.39, 0.29) is 5.91 Å². The highest BCUT2D eigenvalue weighted by Gasteiger charge is 2.28. The fourth-order valence-corrected chi connectivity index (χ4v) is 6.91. The summed E-state index contributed by atoms with van der Waals surface area (Å²) in [7, 11) is 1.72. The summed E-state index contributed by atoms with van der Waals surface area (Å²) in [6.45, 7) is 3.48. The van der Waals surface area contributed by atoms with Crippen LogP contribution in [0.3, 0.4) is 0 Å². The zero-order valence-corrected chi connectivity index (χ0v) is 18.4. The van der Waals surface area contributed by atoms with Crippen molar-refractivity contribution in [1.82, 2.24) is 0 Å². The van der Waals surface area contributed by atoms with Crippen LogP contribution < -0.4 is 4.90 Å². The minimum absolute atomic E-state index is 0.0691. The number of anilines is 1. The molecule has 0 radical (unpaired) electrons. The monoisotopic (exact) mass is 627 g/mol. The van der Waals surface area contributed by atoms with Gasteiger partial charge in [0.25, 0.3) is 0 Å². The molecule has 1 aromatic rings. The van der Waals surface area contributed by atoms with Crippen LogP contribution in [0.4, 0.5) is 5.69 Å². The zero-order chi connectivity index (χ0) is 16.3. The molecule has 0 bridgehead atoms. The van der Waals surface area contributed by atoms with Crippen LogP contribution in [0.25, 0.3) is 0 Å². The summed E-state index contributed by atoms with van der Waals surface area (Å²) in [6.07, 6.45) is 1.39. The van der Waals surface area contributed by atoms with Crippen LogP contribution in [0.2, 0.25) is 0 Å². The third-order valence-corrected chi connectivity index (χ3v) is 6.02. The van der Waals surface area contributed by atoms with E-state index >= 15 is 0 Å². The second kappa shape index (κ2) is 8.27. The highest BCUT2D eigenvalue weighted by atomic mass is 127. The molecule has 0 aromatic heterocycles. The maximum Gasteiger partial charge on any atom is 0.311 e. The fourth-order valence-electron chi connectivity index (χ4n) is 2.06. The molecule has 0 aliphatic rings. The molecule has 0 saturated carbocycles. The van der Waals surface area contributed by atoms with E-state index in [0.717, 1.165) is 28.4 Å². The smallest absolute Gasteiger partial charge is 0.311 e. The second-order valence-corrected chi connectivity index (χ2v) is 8.08. The van der Waals surface area contributed by atoms with Gasteiger partial charge in [0.2, 0.25) is 5.91 Å². The van der Waals surface area contributed by atoms with Gasteiger partial charge in [-0.25, -0.2) is 0 Å². The van der Waals surface area contributed by atoms with E-state index in [0.29, 0.717) is 6.42 Å². The minimum Gasteiger partial charge on any atom is -0.481 e. The molecule has 4 nitrogen and oxygen atoms in total. The van der Waals surface area contributed by atoms with Gasteiger partial charge in [-0.2, -0.15) is 0 Å². The lowest BCUT2D eigenvalue weighted by Crippen LogP contribution is -2.26. The topological polar surface area (TPSA) is 57.6 Å². The molecular formula is C14H16I3NO3. The van der Waals surface area contributed by atoms with Crippen LogP contribution in [-0.2, 0) is 9.59 Å². The van der Waals surface area contributed by atoms with Crippen LogP contribution in [0.15, 0.2) is 6.07 Å². The van der Waals surface area contributed by atoms with Gasteiger partial charge >= 0.3 is 5.97 Å². The average molecular weight is 627 g/mol. The summed E-state index contributed by atoms with van der Waals surface area (Å²) >= 11 is 6.53. The molecular weight excluding hydrogens is 611 g/mol. The number of halogens is 3. The van der Waals surface area contributed by atoms with E-state index in [1.165, 1.54) is 6.92 Å². The van der Waals surface area contributed by atoms with E-state index in [4.69, 9.17) is 0 Å². The first kappa shape index (κ1) is 19.4. The number of hydrogen-bond donors (Lipinski definition) is 1. The highest BCUT2D eigenvalue weighted by molar-refractivity contribution is 14.1. The Morgan fingerprint density at radius 3 is 2.29 bits per heavy atom. The molecule has 0 saturated heterocycles. The summed E-state index contributed by atoms with van der Waals surface area (Å²) in [6, 6.07) is 1.94. The molecule has 7 heteroatoms. The van der Waals surface area contributed by atoms with E-state index in [9.17, 15) is 14.7 Å². The van der Waals surface area contributed by atoms with Gasteiger partial charge in [0, 0.05) is 24.7 Å².